The van der Waals surface area contributed by atoms with E-state index in [9.17, 15) is 0 Å². The zero-order valence-electron chi connectivity index (χ0n) is 39.9. The van der Waals surface area contributed by atoms with Crippen LogP contribution in [0.25, 0.3) is 21.8 Å². The summed E-state index contributed by atoms with van der Waals surface area (Å²) < 4.78 is 2.45. The molecule has 3 aromatic carbocycles. The number of aromatic nitrogens is 1. The lowest BCUT2D eigenvalue weighted by molar-refractivity contribution is 0.263. The van der Waals surface area contributed by atoms with Crippen molar-refractivity contribution < 1.29 is 0 Å². The quantitative estimate of drug-likeness (QED) is 0.202. The number of fused-ring (bicyclic) bond motifs is 6. The topological polar surface area (TPSA) is 11.4 Å². The Kier molecular flexibility index (Phi) is 26.6. The summed E-state index contributed by atoms with van der Waals surface area (Å²) in [6.07, 6.45) is 6.89. The molecule has 3 nitrogen and oxygen atoms in total. The van der Waals surface area contributed by atoms with Crippen LogP contribution in [0.2, 0.25) is 0 Å². The molecule has 3 heteroatoms. The average molecular weight is 746 g/mol. The van der Waals surface area contributed by atoms with Crippen LogP contribution in [0.1, 0.15) is 168 Å². The lowest BCUT2D eigenvalue weighted by atomic mass is 9.82. The van der Waals surface area contributed by atoms with Crippen molar-refractivity contribution in [1.29, 1.82) is 0 Å². The molecular formula is C51H91N3. The van der Waals surface area contributed by atoms with Crippen LogP contribution in [0.4, 0.5) is 5.69 Å². The van der Waals surface area contributed by atoms with Crippen molar-refractivity contribution in [3.8, 4) is 0 Å². The van der Waals surface area contributed by atoms with Crippen LogP contribution in [-0.4, -0.2) is 43.2 Å². The van der Waals surface area contributed by atoms with E-state index in [2.05, 4.69) is 178 Å². The average Bonchev–Trinajstić information content (AvgIpc) is 3.62. The molecule has 0 amide bonds. The molecular weight excluding hydrogens is 655 g/mol. The number of rotatable bonds is 2. The molecule has 0 bridgehead atoms. The normalized spacial score (nSPS) is 15.6. The fourth-order valence-corrected chi connectivity index (χ4v) is 6.84. The van der Waals surface area contributed by atoms with Crippen molar-refractivity contribution in [3.63, 3.8) is 0 Å². The van der Waals surface area contributed by atoms with Crippen molar-refractivity contribution in [1.82, 2.24) is 9.47 Å². The number of hydrogen-bond donors (Lipinski definition) is 0. The van der Waals surface area contributed by atoms with Gasteiger partial charge in [0.25, 0.3) is 0 Å². The van der Waals surface area contributed by atoms with E-state index in [1.54, 1.807) is 5.56 Å². The van der Waals surface area contributed by atoms with Gasteiger partial charge < -0.3 is 14.4 Å². The van der Waals surface area contributed by atoms with Crippen molar-refractivity contribution in [2.75, 3.05) is 32.6 Å². The van der Waals surface area contributed by atoms with Crippen LogP contribution < -0.4 is 4.90 Å². The summed E-state index contributed by atoms with van der Waals surface area (Å²) in [7, 11) is 6.46. The summed E-state index contributed by atoms with van der Waals surface area (Å²) in [6, 6.07) is 27.1. The van der Waals surface area contributed by atoms with Crippen LogP contribution in [0, 0.1) is 16.2 Å². The minimum Gasteiger partial charge on any atom is -0.371 e. The fourth-order valence-electron chi connectivity index (χ4n) is 6.84. The Labute approximate surface area is 338 Å². The number of hydrogen-bond acceptors (Lipinski definition) is 2. The zero-order chi connectivity index (χ0) is 42.3. The summed E-state index contributed by atoms with van der Waals surface area (Å²) in [5.41, 5.74) is 7.03. The third kappa shape index (κ3) is 18.7. The van der Waals surface area contributed by atoms with Gasteiger partial charge in [0.1, 0.15) is 0 Å². The van der Waals surface area contributed by atoms with E-state index in [-0.39, 0.29) is 5.41 Å². The monoisotopic (exact) mass is 746 g/mol. The first-order valence-corrected chi connectivity index (χ1v) is 21.8. The predicted molar refractivity (Wildman–Crippen MR) is 252 cm³/mol. The third-order valence-electron chi connectivity index (χ3n) is 9.11. The molecule has 0 N–H and O–H groups in total. The van der Waals surface area contributed by atoms with Gasteiger partial charge in [-0.1, -0.05) is 198 Å². The summed E-state index contributed by atoms with van der Waals surface area (Å²) in [4.78, 5) is 4.71. The van der Waals surface area contributed by atoms with Crippen molar-refractivity contribution in [2.45, 2.75) is 175 Å². The van der Waals surface area contributed by atoms with E-state index in [4.69, 9.17) is 0 Å². The van der Waals surface area contributed by atoms with Gasteiger partial charge in [0.15, 0.2) is 0 Å². The third-order valence-corrected chi connectivity index (χ3v) is 9.11. The van der Waals surface area contributed by atoms with Gasteiger partial charge in [0, 0.05) is 59.6 Å². The Hall–Kier alpha value is -2.78. The van der Waals surface area contributed by atoms with E-state index >= 15 is 0 Å². The first-order valence-electron chi connectivity index (χ1n) is 21.8. The standard InChI is InChI=1S/C17H19N.C13H17N.C7H17N.C6H14.4C2H6/c1-17(2,3)12-18-15-10-6-4-8-13(15)14-9-5-7-11-16(14)18;1-14-12-8-4-2-6-10(12)11-7-3-5-9-13(11)14;1-7(2,3)6-8(4)5;1-5-6(2,3)4;4*1-2/h4-11H,12H2,1-3H3;2,4,6,8,11,13H,3,5,7,9H2,1H3;6H2,1-5H3;5H2,1-4H3;4*1-2H3. The van der Waals surface area contributed by atoms with Gasteiger partial charge in [-0.3, -0.25) is 0 Å². The Bertz CT molecular complexity index is 1440. The number of para-hydroxylation sites is 3. The zero-order valence-corrected chi connectivity index (χ0v) is 39.9. The molecule has 6 rings (SSSR count). The number of anilines is 1. The largest absolute Gasteiger partial charge is 0.371 e. The van der Waals surface area contributed by atoms with Crippen LogP contribution >= 0.6 is 0 Å². The lowest BCUT2D eigenvalue weighted by Crippen LogP contribution is -2.32. The van der Waals surface area contributed by atoms with Crippen LogP contribution in [0.15, 0.2) is 72.8 Å². The molecule has 4 aromatic rings. The molecule has 1 saturated carbocycles. The maximum Gasteiger partial charge on any atom is 0.0491 e. The van der Waals surface area contributed by atoms with Crippen LogP contribution in [-0.2, 0) is 6.54 Å². The van der Waals surface area contributed by atoms with Crippen molar-refractivity contribution >= 4 is 27.5 Å². The van der Waals surface area contributed by atoms with Crippen LogP contribution in [0.5, 0.6) is 0 Å². The van der Waals surface area contributed by atoms with E-state index in [1.165, 1.54) is 59.6 Å². The van der Waals surface area contributed by atoms with Crippen molar-refractivity contribution in [3.05, 3.63) is 78.4 Å². The second-order valence-corrected chi connectivity index (χ2v) is 17.5. The van der Waals surface area contributed by atoms with Crippen LogP contribution in [0.3, 0.4) is 0 Å². The SMILES string of the molecule is CC.CC.CC.CC.CC(C)(C)Cn1c2ccccc2c2ccccc21.CCC(C)(C)C.CN(C)CC(C)(C)C.CN1c2ccccc2C2CCCCC21. The second-order valence-electron chi connectivity index (χ2n) is 17.5. The molecule has 0 spiro atoms. The lowest BCUT2D eigenvalue weighted by Gasteiger charge is -2.30. The summed E-state index contributed by atoms with van der Waals surface area (Å²) >= 11 is 0. The minimum atomic E-state index is 0.282. The molecule has 54 heavy (non-hydrogen) atoms. The Balaban J connectivity index is 0. The fraction of sp³-hybridized carbons (Fsp3) is 0.647. The van der Waals surface area contributed by atoms with Gasteiger partial charge in [0.2, 0.25) is 0 Å². The highest BCUT2D eigenvalue weighted by molar-refractivity contribution is 6.07. The van der Waals surface area contributed by atoms with Gasteiger partial charge in [0.05, 0.1) is 0 Å². The van der Waals surface area contributed by atoms with Gasteiger partial charge in [-0.2, -0.15) is 0 Å². The highest BCUT2D eigenvalue weighted by Gasteiger charge is 2.37. The highest BCUT2D eigenvalue weighted by Crippen LogP contribution is 2.46. The molecule has 2 unspecified atom stereocenters. The van der Waals surface area contributed by atoms with Gasteiger partial charge in [-0.25, -0.2) is 0 Å². The summed E-state index contributed by atoms with van der Waals surface area (Å²) in [5, 5.41) is 2.72. The highest BCUT2D eigenvalue weighted by atomic mass is 15.2. The van der Waals surface area contributed by atoms with E-state index < -0.39 is 0 Å². The first kappa shape index (κ1) is 53.3. The molecule has 2 atom stereocenters. The van der Waals surface area contributed by atoms with Gasteiger partial charge >= 0.3 is 0 Å². The molecule has 310 valence electrons. The number of nitrogens with zero attached hydrogens (tertiary/aromatic N) is 3. The van der Waals surface area contributed by atoms with E-state index in [0.29, 0.717) is 10.8 Å². The van der Waals surface area contributed by atoms with E-state index in [1.807, 2.05) is 55.4 Å². The molecule has 2 heterocycles. The van der Waals surface area contributed by atoms with Gasteiger partial charge in [-0.05, 0) is 66.9 Å². The molecule has 1 aliphatic heterocycles. The molecule has 0 saturated heterocycles. The first-order chi connectivity index (χ1) is 25.4. The molecule has 1 aliphatic carbocycles. The molecule has 1 fully saturated rings. The molecule has 2 aliphatic rings. The minimum absolute atomic E-state index is 0.282. The predicted octanol–water partition coefficient (Wildman–Crippen LogP) is 16.1. The molecule has 1 aromatic heterocycles. The second kappa shape index (κ2) is 26.9. The smallest absolute Gasteiger partial charge is 0.0491 e. The Morgan fingerprint density at radius 3 is 1.37 bits per heavy atom. The number of likely N-dealkylation sites (N-methyl/N-ethyl adjacent to an activating group) is 1. The van der Waals surface area contributed by atoms with E-state index in [0.717, 1.165) is 25.0 Å². The Morgan fingerprint density at radius 2 is 0.981 bits per heavy atom. The summed E-state index contributed by atoms with van der Waals surface area (Å²) in [6.45, 7) is 40.7. The Morgan fingerprint density at radius 1 is 0.574 bits per heavy atom. The van der Waals surface area contributed by atoms with Crippen molar-refractivity contribution in [2.24, 2.45) is 16.2 Å². The van der Waals surface area contributed by atoms with Gasteiger partial charge in [-0.15, -0.1) is 0 Å². The summed E-state index contributed by atoms with van der Waals surface area (Å²) in [5.74, 6) is 0.824. The number of benzene rings is 3. The maximum atomic E-state index is 2.50. The maximum absolute atomic E-state index is 2.50. The molecule has 0 radical (unpaired) electrons.